The predicted octanol–water partition coefficient (Wildman–Crippen LogP) is 3.21. The van der Waals surface area contributed by atoms with Crippen molar-refractivity contribution in [2.24, 2.45) is 5.10 Å². The largest absolute Gasteiger partial charge is 0.493 e. The van der Waals surface area contributed by atoms with Crippen molar-refractivity contribution in [3.05, 3.63) is 45.1 Å². The lowest BCUT2D eigenvalue weighted by Crippen LogP contribution is -2.17. The van der Waals surface area contributed by atoms with E-state index in [2.05, 4.69) is 31.4 Å². The molecule has 6 nitrogen and oxygen atoms in total. The Kier molecular flexibility index (Phi) is 5.46. The maximum Gasteiger partial charge on any atom is 0.287 e. The first-order chi connectivity index (χ1) is 10.5. The molecule has 1 amide bonds. The van der Waals surface area contributed by atoms with Crippen molar-refractivity contribution in [3.8, 4) is 11.5 Å². The Morgan fingerprint density at radius 3 is 2.73 bits per heavy atom. The van der Waals surface area contributed by atoms with E-state index in [0.29, 0.717) is 27.8 Å². The zero-order chi connectivity index (χ0) is 16.1. The van der Waals surface area contributed by atoms with Gasteiger partial charge in [0, 0.05) is 10.7 Å². The monoisotopic (exact) mass is 385 g/mol. The SMILES string of the molecule is COc1cc(/C=N\NC(=O)c2cc(Br)c[nH]2)cc(Cl)c1OC. The van der Waals surface area contributed by atoms with E-state index in [0.717, 1.165) is 4.47 Å². The van der Waals surface area contributed by atoms with Gasteiger partial charge in [-0.15, -0.1) is 0 Å². The van der Waals surface area contributed by atoms with Crippen molar-refractivity contribution >= 4 is 39.7 Å². The van der Waals surface area contributed by atoms with Crippen molar-refractivity contribution in [2.45, 2.75) is 0 Å². The molecule has 0 unspecified atom stereocenters. The molecule has 0 aliphatic heterocycles. The molecule has 0 bridgehead atoms. The van der Waals surface area contributed by atoms with Crippen LogP contribution in [0.2, 0.25) is 5.02 Å². The molecule has 116 valence electrons. The Morgan fingerprint density at radius 1 is 1.36 bits per heavy atom. The van der Waals surface area contributed by atoms with E-state index in [9.17, 15) is 4.79 Å². The number of hydrazone groups is 1. The minimum absolute atomic E-state index is 0.353. The fourth-order valence-corrected chi connectivity index (χ4v) is 2.38. The molecule has 1 heterocycles. The highest BCUT2D eigenvalue weighted by molar-refractivity contribution is 9.10. The average molecular weight is 387 g/mol. The van der Waals surface area contributed by atoms with Crippen LogP contribution in [0.5, 0.6) is 11.5 Å². The molecule has 0 atom stereocenters. The number of nitrogens with one attached hydrogen (secondary N) is 2. The van der Waals surface area contributed by atoms with Gasteiger partial charge in [-0.1, -0.05) is 11.6 Å². The number of carbonyl (C=O) groups is 1. The molecule has 0 saturated heterocycles. The van der Waals surface area contributed by atoms with E-state index in [-0.39, 0.29) is 5.91 Å². The van der Waals surface area contributed by atoms with Crippen molar-refractivity contribution in [1.29, 1.82) is 0 Å². The first-order valence-electron chi connectivity index (χ1n) is 6.14. The van der Waals surface area contributed by atoms with Crippen LogP contribution >= 0.6 is 27.5 Å². The van der Waals surface area contributed by atoms with E-state index in [1.807, 2.05) is 0 Å². The van der Waals surface area contributed by atoms with Crippen molar-refractivity contribution < 1.29 is 14.3 Å². The molecular formula is C14H13BrClN3O3. The van der Waals surface area contributed by atoms with Crippen molar-refractivity contribution in [2.75, 3.05) is 14.2 Å². The molecule has 0 spiro atoms. The van der Waals surface area contributed by atoms with Crippen LogP contribution in [0.25, 0.3) is 0 Å². The van der Waals surface area contributed by atoms with Crippen LogP contribution in [0, 0.1) is 0 Å². The average Bonchev–Trinajstić information content (AvgIpc) is 2.93. The minimum Gasteiger partial charge on any atom is -0.493 e. The van der Waals surface area contributed by atoms with Crippen LogP contribution in [0.4, 0.5) is 0 Å². The van der Waals surface area contributed by atoms with Crippen molar-refractivity contribution in [1.82, 2.24) is 10.4 Å². The number of H-pyrrole nitrogens is 1. The summed E-state index contributed by atoms with van der Waals surface area (Å²) in [6.45, 7) is 0. The number of hydrogen-bond donors (Lipinski definition) is 2. The zero-order valence-corrected chi connectivity index (χ0v) is 14.2. The molecule has 0 saturated carbocycles. The van der Waals surface area contributed by atoms with Gasteiger partial charge in [-0.05, 0) is 39.7 Å². The Hall–Kier alpha value is -1.99. The molecule has 0 aliphatic carbocycles. The molecule has 22 heavy (non-hydrogen) atoms. The highest BCUT2D eigenvalue weighted by atomic mass is 79.9. The summed E-state index contributed by atoms with van der Waals surface area (Å²) in [5.41, 5.74) is 3.47. The summed E-state index contributed by atoms with van der Waals surface area (Å²) in [5.74, 6) is 0.575. The number of carbonyl (C=O) groups excluding carboxylic acids is 1. The van der Waals surface area contributed by atoms with Gasteiger partial charge in [-0.3, -0.25) is 4.79 Å². The number of methoxy groups -OCH3 is 2. The molecule has 0 aliphatic rings. The fourth-order valence-electron chi connectivity index (χ4n) is 1.74. The van der Waals surface area contributed by atoms with Gasteiger partial charge in [0.05, 0.1) is 25.5 Å². The lowest BCUT2D eigenvalue weighted by atomic mass is 10.2. The topological polar surface area (TPSA) is 75.7 Å². The van der Waals surface area contributed by atoms with Gasteiger partial charge in [0.15, 0.2) is 11.5 Å². The molecule has 1 aromatic heterocycles. The summed E-state index contributed by atoms with van der Waals surface area (Å²) in [7, 11) is 3.02. The Morgan fingerprint density at radius 2 is 2.14 bits per heavy atom. The molecule has 0 fully saturated rings. The number of aromatic nitrogens is 1. The maximum atomic E-state index is 11.8. The molecule has 1 aromatic carbocycles. The second kappa shape index (κ2) is 7.33. The van der Waals surface area contributed by atoms with E-state index < -0.39 is 0 Å². The molecule has 0 radical (unpaired) electrons. The van der Waals surface area contributed by atoms with Crippen LogP contribution in [0.15, 0.2) is 34.0 Å². The molecule has 2 aromatic rings. The summed E-state index contributed by atoms with van der Waals surface area (Å²) in [5, 5.41) is 4.28. The molecule has 2 N–H and O–H groups in total. The van der Waals surface area contributed by atoms with Gasteiger partial charge in [0.25, 0.3) is 5.91 Å². The number of benzene rings is 1. The minimum atomic E-state index is -0.353. The second-order valence-corrected chi connectivity index (χ2v) is 5.49. The highest BCUT2D eigenvalue weighted by Gasteiger charge is 2.10. The van der Waals surface area contributed by atoms with Gasteiger partial charge >= 0.3 is 0 Å². The molecule has 8 heteroatoms. The Bertz CT molecular complexity index is 715. The van der Waals surface area contributed by atoms with Crippen LogP contribution < -0.4 is 14.9 Å². The highest BCUT2D eigenvalue weighted by Crippen LogP contribution is 2.35. The van der Waals surface area contributed by atoms with Crippen molar-refractivity contribution in [3.63, 3.8) is 0 Å². The molecule has 2 rings (SSSR count). The fraction of sp³-hybridized carbons (Fsp3) is 0.143. The summed E-state index contributed by atoms with van der Waals surface area (Å²) < 4.78 is 11.1. The first-order valence-corrected chi connectivity index (χ1v) is 7.31. The third-order valence-corrected chi connectivity index (χ3v) is 3.47. The van der Waals surface area contributed by atoms with Gasteiger partial charge < -0.3 is 14.5 Å². The summed E-state index contributed by atoms with van der Waals surface area (Å²) in [6, 6.07) is 5.01. The van der Waals surface area contributed by atoms with Crippen LogP contribution in [-0.2, 0) is 0 Å². The summed E-state index contributed by atoms with van der Waals surface area (Å²) in [4.78, 5) is 14.6. The number of amides is 1. The summed E-state index contributed by atoms with van der Waals surface area (Å²) >= 11 is 9.34. The van der Waals surface area contributed by atoms with E-state index in [1.165, 1.54) is 20.4 Å². The maximum absolute atomic E-state index is 11.8. The third-order valence-electron chi connectivity index (χ3n) is 2.73. The standard InChI is InChI=1S/C14H13BrClN3O3/c1-21-12-4-8(3-10(16)13(12)22-2)6-18-19-14(20)11-5-9(15)7-17-11/h3-7,17H,1-2H3,(H,19,20)/b18-6-. The normalized spacial score (nSPS) is 10.7. The number of nitrogens with zero attached hydrogens (tertiary/aromatic N) is 1. The lowest BCUT2D eigenvalue weighted by molar-refractivity contribution is 0.0951. The van der Waals surface area contributed by atoms with E-state index in [4.69, 9.17) is 21.1 Å². The Labute approximate surface area is 140 Å². The Balaban J connectivity index is 2.10. The van der Waals surface area contributed by atoms with Crippen LogP contribution in [-0.4, -0.2) is 31.3 Å². The third kappa shape index (κ3) is 3.80. The van der Waals surface area contributed by atoms with Gasteiger partial charge in [0.1, 0.15) is 5.69 Å². The number of ether oxygens (including phenoxy) is 2. The first kappa shape index (κ1) is 16.4. The number of halogens is 2. The lowest BCUT2D eigenvalue weighted by Gasteiger charge is -2.09. The second-order valence-electron chi connectivity index (χ2n) is 4.17. The van der Waals surface area contributed by atoms with Gasteiger partial charge in [-0.2, -0.15) is 5.10 Å². The molecular weight excluding hydrogens is 374 g/mol. The number of rotatable bonds is 5. The quantitative estimate of drug-likeness (QED) is 0.612. The van der Waals surface area contributed by atoms with Gasteiger partial charge in [-0.25, -0.2) is 5.43 Å². The zero-order valence-electron chi connectivity index (χ0n) is 11.8. The van der Waals surface area contributed by atoms with Gasteiger partial charge in [0.2, 0.25) is 0 Å². The predicted molar refractivity (Wildman–Crippen MR) is 88.1 cm³/mol. The van der Waals surface area contributed by atoms with Crippen LogP contribution in [0.3, 0.4) is 0 Å². The van der Waals surface area contributed by atoms with Crippen LogP contribution in [0.1, 0.15) is 16.1 Å². The van der Waals surface area contributed by atoms with E-state index in [1.54, 1.807) is 24.4 Å². The smallest absolute Gasteiger partial charge is 0.287 e. The number of hydrogen-bond acceptors (Lipinski definition) is 4. The van der Waals surface area contributed by atoms with E-state index >= 15 is 0 Å². The number of aromatic amines is 1. The summed E-state index contributed by atoms with van der Waals surface area (Å²) in [6.07, 6.45) is 3.12.